The van der Waals surface area contributed by atoms with Crippen LogP contribution < -0.4 is 10.1 Å². The first-order valence-corrected chi connectivity index (χ1v) is 7.81. The highest BCUT2D eigenvalue weighted by Crippen LogP contribution is 2.17. The van der Waals surface area contributed by atoms with Crippen LogP contribution in [-0.4, -0.2) is 37.4 Å². The zero-order chi connectivity index (χ0) is 16.5. The van der Waals surface area contributed by atoms with E-state index < -0.39 is 5.97 Å². The van der Waals surface area contributed by atoms with E-state index in [0.29, 0.717) is 17.6 Å². The van der Waals surface area contributed by atoms with Crippen molar-refractivity contribution in [3.05, 3.63) is 29.8 Å². The Morgan fingerprint density at radius 2 is 1.87 bits per heavy atom. The third-order valence-electron chi connectivity index (χ3n) is 3.73. The van der Waals surface area contributed by atoms with Crippen LogP contribution in [0.1, 0.15) is 42.5 Å². The van der Waals surface area contributed by atoms with E-state index in [2.05, 4.69) is 5.32 Å². The highest BCUT2D eigenvalue weighted by molar-refractivity contribution is 5.82. The van der Waals surface area contributed by atoms with Gasteiger partial charge in [0.2, 0.25) is 0 Å². The number of nitrogens with one attached hydrogen (secondary N) is 1. The van der Waals surface area contributed by atoms with Crippen molar-refractivity contribution in [2.45, 2.75) is 38.1 Å². The molecule has 1 saturated carbocycles. The third kappa shape index (κ3) is 5.73. The van der Waals surface area contributed by atoms with Gasteiger partial charge in [-0.15, -0.1) is 0 Å². The van der Waals surface area contributed by atoms with Gasteiger partial charge >= 0.3 is 5.97 Å². The minimum absolute atomic E-state index is 0.186. The second kappa shape index (κ2) is 8.92. The summed E-state index contributed by atoms with van der Waals surface area (Å²) in [5.41, 5.74) is 0.357. The van der Waals surface area contributed by atoms with E-state index in [1.807, 2.05) is 0 Å². The number of ether oxygens (including phenoxy) is 2. The molecule has 0 unspecified atom stereocenters. The van der Waals surface area contributed by atoms with Gasteiger partial charge < -0.3 is 14.8 Å². The van der Waals surface area contributed by atoms with Crippen molar-refractivity contribution in [1.82, 2.24) is 5.32 Å². The largest absolute Gasteiger partial charge is 0.481 e. The third-order valence-corrected chi connectivity index (χ3v) is 3.73. The topological polar surface area (TPSA) is 81.7 Å². The van der Waals surface area contributed by atoms with Crippen molar-refractivity contribution >= 4 is 18.2 Å². The number of aldehydes is 1. The fraction of sp³-hybridized carbons (Fsp3) is 0.471. The van der Waals surface area contributed by atoms with E-state index in [-0.39, 0.29) is 25.2 Å². The van der Waals surface area contributed by atoms with Gasteiger partial charge in [0.25, 0.3) is 5.91 Å². The van der Waals surface area contributed by atoms with Crippen LogP contribution in [0.3, 0.4) is 0 Å². The maximum Gasteiger partial charge on any atom is 0.344 e. The molecular weight excluding hydrogens is 298 g/mol. The van der Waals surface area contributed by atoms with E-state index >= 15 is 0 Å². The van der Waals surface area contributed by atoms with Crippen molar-refractivity contribution in [1.29, 1.82) is 0 Å². The van der Waals surface area contributed by atoms with E-state index in [1.165, 1.54) is 6.42 Å². The number of carbonyl (C=O) groups excluding carboxylic acids is 3. The molecule has 0 radical (unpaired) electrons. The standard InChI is InChI=1S/C17H21NO5/c19-10-13-6-4-5-9-15(13)22-12-17(21)23-11-16(20)18-14-7-2-1-3-8-14/h4-6,9-10,14H,1-3,7-8,11-12H2,(H,18,20). The van der Waals surface area contributed by atoms with Crippen LogP contribution in [0.4, 0.5) is 0 Å². The minimum Gasteiger partial charge on any atom is -0.481 e. The summed E-state index contributed by atoms with van der Waals surface area (Å²) in [6, 6.07) is 6.76. The van der Waals surface area contributed by atoms with Crippen LogP contribution in [0.2, 0.25) is 0 Å². The molecule has 0 heterocycles. The average molecular weight is 319 g/mol. The van der Waals surface area contributed by atoms with Gasteiger partial charge in [0, 0.05) is 6.04 Å². The van der Waals surface area contributed by atoms with Gasteiger partial charge in [0.05, 0.1) is 5.56 Å². The molecule has 1 amide bonds. The lowest BCUT2D eigenvalue weighted by atomic mass is 9.95. The molecule has 0 spiro atoms. The lowest BCUT2D eigenvalue weighted by Crippen LogP contribution is -2.39. The average Bonchev–Trinajstić information content (AvgIpc) is 2.59. The Hall–Kier alpha value is -2.37. The van der Waals surface area contributed by atoms with Gasteiger partial charge in [-0.1, -0.05) is 31.4 Å². The SMILES string of the molecule is O=Cc1ccccc1OCC(=O)OCC(=O)NC1CCCCC1. The summed E-state index contributed by atoms with van der Waals surface area (Å²) in [4.78, 5) is 34.1. The first kappa shape index (κ1) is 17.0. The van der Waals surface area contributed by atoms with Crippen molar-refractivity contribution in [3.63, 3.8) is 0 Å². The minimum atomic E-state index is -0.649. The van der Waals surface area contributed by atoms with Crippen molar-refractivity contribution < 1.29 is 23.9 Å². The number of esters is 1. The van der Waals surface area contributed by atoms with E-state index in [0.717, 1.165) is 25.7 Å². The highest BCUT2D eigenvalue weighted by atomic mass is 16.6. The molecule has 0 aliphatic heterocycles. The molecule has 6 nitrogen and oxygen atoms in total. The van der Waals surface area contributed by atoms with Gasteiger partial charge in [0.15, 0.2) is 19.5 Å². The Balaban J connectivity index is 1.68. The number of hydrogen-bond acceptors (Lipinski definition) is 5. The Morgan fingerprint density at radius 3 is 2.61 bits per heavy atom. The highest BCUT2D eigenvalue weighted by Gasteiger charge is 2.16. The Labute approximate surface area is 135 Å². The smallest absolute Gasteiger partial charge is 0.344 e. The lowest BCUT2D eigenvalue weighted by molar-refractivity contribution is -0.150. The van der Waals surface area contributed by atoms with Crippen molar-refractivity contribution in [2.75, 3.05) is 13.2 Å². The predicted octanol–water partition coefficient (Wildman–Crippen LogP) is 1.87. The molecule has 124 valence electrons. The van der Waals surface area contributed by atoms with Crippen LogP contribution in [0, 0.1) is 0 Å². The second-order valence-electron chi connectivity index (χ2n) is 5.51. The van der Waals surface area contributed by atoms with Gasteiger partial charge in [-0.2, -0.15) is 0 Å². The maximum atomic E-state index is 11.7. The lowest BCUT2D eigenvalue weighted by Gasteiger charge is -2.22. The first-order chi connectivity index (χ1) is 11.2. The summed E-state index contributed by atoms with van der Waals surface area (Å²) in [5.74, 6) is -0.630. The molecule has 0 aromatic heterocycles. The summed E-state index contributed by atoms with van der Waals surface area (Å²) in [5, 5.41) is 2.86. The number of amides is 1. The molecule has 1 aromatic rings. The zero-order valence-corrected chi connectivity index (χ0v) is 13.0. The van der Waals surface area contributed by atoms with Gasteiger partial charge in [-0.3, -0.25) is 9.59 Å². The normalized spacial score (nSPS) is 14.8. The monoisotopic (exact) mass is 319 g/mol. The van der Waals surface area contributed by atoms with Crippen LogP contribution in [-0.2, 0) is 14.3 Å². The number of para-hydroxylation sites is 1. The summed E-state index contributed by atoms with van der Waals surface area (Å²) in [6.07, 6.45) is 6.05. The number of rotatable bonds is 7. The van der Waals surface area contributed by atoms with E-state index in [1.54, 1.807) is 24.3 Å². The van der Waals surface area contributed by atoms with Gasteiger partial charge in [-0.05, 0) is 25.0 Å². The molecule has 23 heavy (non-hydrogen) atoms. The Morgan fingerprint density at radius 1 is 1.13 bits per heavy atom. The van der Waals surface area contributed by atoms with Crippen LogP contribution in [0.15, 0.2) is 24.3 Å². The fourth-order valence-electron chi connectivity index (χ4n) is 2.55. The zero-order valence-electron chi connectivity index (χ0n) is 13.0. The van der Waals surface area contributed by atoms with Crippen molar-refractivity contribution in [3.8, 4) is 5.75 Å². The number of benzene rings is 1. The summed E-state index contributed by atoms with van der Waals surface area (Å²) < 4.78 is 10.1. The van der Waals surface area contributed by atoms with Gasteiger partial charge in [-0.25, -0.2) is 4.79 Å². The summed E-state index contributed by atoms with van der Waals surface area (Å²) in [6.45, 7) is -0.657. The molecule has 0 bridgehead atoms. The Bertz CT molecular complexity index is 552. The van der Waals surface area contributed by atoms with E-state index in [4.69, 9.17) is 9.47 Å². The molecule has 1 aliphatic carbocycles. The Kier molecular flexibility index (Phi) is 6.59. The molecule has 0 saturated heterocycles. The fourth-order valence-corrected chi connectivity index (χ4v) is 2.55. The summed E-state index contributed by atoms with van der Waals surface area (Å²) in [7, 11) is 0. The second-order valence-corrected chi connectivity index (χ2v) is 5.51. The molecule has 1 fully saturated rings. The van der Waals surface area contributed by atoms with Crippen LogP contribution in [0.25, 0.3) is 0 Å². The molecular formula is C17H21NO5. The molecule has 1 N–H and O–H groups in total. The van der Waals surface area contributed by atoms with Crippen LogP contribution >= 0.6 is 0 Å². The van der Waals surface area contributed by atoms with Crippen LogP contribution in [0.5, 0.6) is 5.75 Å². The predicted molar refractivity (Wildman–Crippen MR) is 83.3 cm³/mol. The molecule has 1 aromatic carbocycles. The number of hydrogen-bond donors (Lipinski definition) is 1. The quantitative estimate of drug-likeness (QED) is 0.613. The molecule has 2 rings (SSSR count). The molecule has 6 heteroatoms. The molecule has 0 atom stereocenters. The number of carbonyl (C=O) groups is 3. The maximum absolute atomic E-state index is 11.7. The van der Waals surface area contributed by atoms with Crippen molar-refractivity contribution in [2.24, 2.45) is 0 Å². The van der Waals surface area contributed by atoms with E-state index in [9.17, 15) is 14.4 Å². The summed E-state index contributed by atoms with van der Waals surface area (Å²) >= 11 is 0. The molecule has 1 aliphatic rings. The van der Waals surface area contributed by atoms with Gasteiger partial charge in [0.1, 0.15) is 5.75 Å². The first-order valence-electron chi connectivity index (χ1n) is 7.81.